The number of imidazole rings is 1. The number of hydrogen-bond donors (Lipinski definition) is 3. The average Bonchev–Trinajstić information content (AvgIpc) is 3.36. The first-order valence-corrected chi connectivity index (χ1v) is 9.46. The number of nitrogens with zero attached hydrogens (tertiary/aromatic N) is 3. The van der Waals surface area contributed by atoms with E-state index in [9.17, 15) is 9.18 Å². The summed E-state index contributed by atoms with van der Waals surface area (Å²) in [4.78, 5) is 25.2. The Balaban J connectivity index is 1.42. The smallest absolute Gasteiger partial charge is 0.289 e. The lowest BCUT2D eigenvalue weighted by Crippen LogP contribution is -2.23. The topological polar surface area (TPSA) is 99.3 Å². The zero-order valence-electron chi connectivity index (χ0n) is 15.4. The fraction of sp³-hybridized carbons (Fsp3) is 0.0476. The fourth-order valence-corrected chi connectivity index (χ4v) is 3.48. The average molecular weight is 421 g/mol. The first-order chi connectivity index (χ1) is 14.6. The van der Waals surface area contributed by atoms with Crippen LogP contribution in [0, 0.1) is 5.82 Å². The molecule has 2 aromatic carbocycles. The van der Waals surface area contributed by atoms with Gasteiger partial charge < -0.3 is 10.4 Å². The number of aromatic nitrogens is 5. The molecule has 0 aliphatic carbocycles. The molecule has 7 nitrogen and oxygen atoms in total. The van der Waals surface area contributed by atoms with Gasteiger partial charge in [0, 0.05) is 29.9 Å². The Morgan fingerprint density at radius 2 is 1.80 bits per heavy atom. The number of carbonyl (C=O) groups excluding carboxylic acids is 1. The van der Waals surface area contributed by atoms with Crippen LogP contribution in [0.2, 0.25) is 5.02 Å². The highest BCUT2D eigenvalue weighted by molar-refractivity contribution is 6.30. The molecule has 0 radical (unpaired) electrons. The molecule has 0 unspecified atom stereocenters. The molecule has 5 rings (SSSR count). The van der Waals surface area contributed by atoms with E-state index in [-0.39, 0.29) is 17.4 Å². The van der Waals surface area contributed by atoms with Gasteiger partial charge in [0.1, 0.15) is 5.82 Å². The molecule has 148 valence electrons. The highest BCUT2D eigenvalue weighted by Crippen LogP contribution is 2.28. The van der Waals surface area contributed by atoms with E-state index in [0.29, 0.717) is 16.6 Å². The summed E-state index contributed by atoms with van der Waals surface area (Å²) < 4.78 is 13.3. The third-order valence-electron chi connectivity index (χ3n) is 4.77. The number of carbonyl (C=O) groups is 1. The number of fused-ring (bicyclic) bond motifs is 2. The van der Waals surface area contributed by atoms with Crippen LogP contribution in [-0.2, 0) is 6.54 Å². The SMILES string of the molecule is O=C(NCc1ccc(F)c(Cl)c1)c1nc2cc3[nH][nH]c(-c4ccncc4)c3cc2n1. The van der Waals surface area contributed by atoms with E-state index in [1.165, 1.54) is 12.1 Å². The van der Waals surface area contributed by atoms with E-state index in [0.717, 1.165) is 22.2 Å². The molecule has 5 aromatic rings. The van der Waals surface area contributed by atoms with E-state index >= 15 is 0 Å². The van der Waals surface area contributed by atoms with Crippen LogP contribution in [0.1, 0.15) is 16.2 Å². The predicted octanol–water partition coefficient (Wildman–Crippen LogP) is 4.22. The molecule has 0 atom stereocenters. The number of H-pyrrole nitrogens is 2. The second-order valence-electron chi connectivity index (χ2n) is 6.73. The minimum absolute atomic E-state index is 0.00826. The molecule has 30 heavy (non-hydrogen) atoms. The normalized spacial score (nSPS) is 11.3. The van der Waals surface area contributed by atoms with E-state index in [4.69, 9.17) is 11.6 Å². The van der Waals surface area contributed by atoms with Crippen molar-refractivity contribution in [3.8, 4) is 11.3 Å². The number of nitrogens with one attached hydrogen (secondary N) is 3. The number of amides is 1. The molecule has 0 saturated carbocycles. The van der Waals surface area contributed by atoms with Crippen molar-refractivity contribution in [2.24, 2.45) is 0 Å². The lowest BCUT2D eigenvalue weighted by Gasteiger charge is -2.04. The molecule has 0 aliphatic heterocycles. The summed E-state index contributed by atoms with van der Waals surface area (Å²) >= 11 is 5.78. The Bertz CT molecular complexity index is 1400. The second kappa shape index (κ2) is 7.23. The van der Waals surface area contributed by atoms with Gasteiger partial charge in [-0.1, -0.05) is 17.7 Å². The van der Waals surface area contributed by atoms with E-state index in [1.807, 2.05) is 24.3 Å². The summed E-state index contributed by atoms with van der Waals surface area (Å²) in [5, 5.41) is 9.94. The van der Waals surface area contributed by atoms with Crippen molar-refractivity contribution in [2.45, 2.75) is 6.54 Å². The third-order valence-corrected chi connectivity index (χ3v) is 5.06. The van der Waals surface area contributed by atoms with Crippen molar-refractivity contribution in [3.05, 3.63) is 77.1 Å². The maximum absolute atomic E-state index is 13.3. The number of benzene rings is 2. The van der Waals surface area contributed by atoms with Crippen LogP contribution in [0.3, 0.4) is 0 Å². The van der Waals surface area contributed by atoms with Gasteiger partial charge in [-0.2, -0.15) is 0 Å². The summed E-state index contributed by atoms with van der Waals surface area (Å²) in [5.74, 6) is -0.854. The second-order valence-corrected chi connectivity index (χ2v) is 7.13. The van der Waals surface area contributed by atoms with Gasteiger partial charge in [-0.15, -0.1) is 0 Å². The molecular weight excluding hydrogens is 407 g/mol. The van der Waals surface area contributed by atoms with E-state index < -0.39 is 11.7 Å². The van der Waals surface area contributed by atoms with Crippen molar-refractivity contribution in [3.63, 3.8) is 0 Å². The van der Waals surface area contributed by atoms with Crippen molar-refractivity contribution in [1.29, 1.82) is 0 Å². The summed E-state index contributed by atoms with van der Waals surface area (Å²) in [6, 6.07) is 11.8. The third kappa shape index (κ3) is 3.27. The summed E-state index contributed by atoms with van der Waals surface area (Å²) in [5.41, 5.74) is 4.62. The molecule has 0 bridgehead atoms. The van der Waals surface area contributed by atoms with Crippen molar-refractivity contribution in [2.75, 3.05) is 0 Å². The van der Waals surface area contributed by atoms with Gasteiger partial charge in [0.2, 0.25) is 5.82 Å². The first kappa shape index (κ1) is 18.3. The molecule has 3 aromatic heterocycles. The van der Waals surface area contributed by atoms with Gasteiger partial charge in [0.15, 0.2) is 0 Å². The van der Waals surface area contributed by atoms with Crippen LogP contribution in [0.5, 0.6) is 0 Å². The van der Waals surface area contributed by atoms with Crippen molar-refractivity contribution >= 4 is 39.4 Å². The Morgan fingerprint density at radius 1 is 1.03 bits per heavy atom. The van der Waals surface area contributed by atoms with Gasteiger partial charge in [-0.3, -0.25) is 14.9 Å². The first-order valence-electron chi connectivity index (χ1n) is 9.09. The summed E-state index contributed by atoms with van der Waals surface area (Å²) in [7, 11) is 0. The lowest BCUT2D eigenvalue weighted by molar-refractivity contribution is 0.0942. The summed E-state index contributed by atoms with van der Waals surface area (Å²) in [6.07, 6.45) is 3.44. The zero-order chi connectivity index (χ0) is 20.7. The highest BCUT2D eigenvalue weighted by Gasteiger charge is 2.16. The van der Waals surface area contributed by atoms with Crippen LogP contribution in [-0.4, -0.2) is 31.1 Å². The van der Waals surface area contributed by atoms with Crippen molar-refractivity contribution in [1.82, 2.24) is 30.5 Å². The highest BCUT2D eigenvalue weighted by atomic mass is 35.5. The minimum atomic E-state index is -0.503. The molecule has 9 heteroatoms. The standard InChI is InChI=1S/C21H14ClFN6O/c22-14-7-11(1-2-15(14)23)10-25-21(30)20-26-17-8-13-16(9-18(17)27-20)28-29-19(13)12-3-5-24-6-4-12/h1-9,28-29H,10H2,(H,25,30). The van der Waals surface area contributed by atoms with Gasteiger partial charge in [0.25, 0.3) is 5.91 Å². The lowest BCUT2D eigenvalue weighted by atomic mass is 10.1. The van der Waals surface area contributed by atoms with E-state index in [2.05, 4.69) is 30.5 Å². The zero-order valence-corrected chi connectivity index (χ0v) is 16.2. The van der Waals surface area contributed by atoms with E-state index in [1.54, 1.807) is 18.5 Å². The Morgan fingerprint density at radius 3 is 2.57 bits per heavy atom. The predicted molar refractivity (Wildman–Crippen MR) is 112 cm³/mol. The van der Waals surface area contributed by atoms with Crippen molar-refractivity contribution < 1.29 is 9.18 Å². The number of pyridine rings is 1. The maximum Gasteiger partial charge on any atom is 0.289 e. The monoisotopic (exact) mass is 420 g/mol. The van der Waals surface area contributed by atoms with Gasteiger partial charge >= 0.3 is 0 Å². The minimum Gasteiger partial charge on any atom is -0.345 e. The molecule has 0 aliphatic rings. The number of halogens is 2. The number of aromatic amines is 2. The quantitative estimate of drug-likeness (QED) is 0.405. The molecular formula is C21H14ClFN6O. The Kier molecular flexibility index (Phi) is 4.40. The number of rotatable bonds is 4. The molecule has 0 fully saturated rings. The fourth-order valence-electron chi connectivity index (χ4n) is 3.28. The maximum atomic E-state index is 13.3. The van der Waals surface area contributed by atoms with Crippen LogP contribution >= 0.6 is 11.6 Å². The molecule has 3 N–H and O–H groups in total. The number of hydrogen-bond acceptors (Lipinski definition) is 4. The molecule has 3 heterocycles. The van der Waals surface area contributed by atoms with Gasteiger partial charge in [-0.05, 0) is 42.0 Å². The Hall–Kier alpha value is -3.78. The Labute approximate surface area is 174 Å². The van der Waals surface area contributed by atoms with Gasteiger partial charge in [0.05, 0.1) is 27.3 Å². The van der Waals surface area contributed by atoms with Crippen LogP contribution < -0.4 is 5.32 Å². The molecule has 0 spiro atoms. The van der Waals surface area contributed by atoms with Crippen LogP contribution in [0.4, 0.5) is 4.39 Å². The largest absolute Gasteiger partial charge is 0.345 e. The van der Waals surface area contributed by atoms with Gasteiger partial charge in [-0.25, -0.2) is 14.4 Å². The summed E-state index contributed by atoms with van der Waals surface area (Å²) in [6.45, 7) is 0.186. The molecule has 0 saturated heterocycles. The van der Waals surface area contributed by atoms with Crippen LogP contribution in [0.25, 0.3) is 33.2 Å². The molecule has 1 amide bonds. The van der Waals surface area contributed by atoms with Crippen LogP contribution in [0.15, 0.2) is 54.9 Å².